The van der Waals surface area contributed by atoms with Gasteiger partial charge in [0.2, 0.25) is 0 Å². The van der Waals surface area contributed by atoms with Crippen molar-refractivity contribution in [2.45, 2.75) is 24.4 Å². The van der Waals surface area contributed by atoms with Crippen molar-refractivity contribution in [1.82, 2.24) is 0 Å². The third-order valence-corrected chi connectivity index (χ3v) is 4.73. The van der Waals surface area contributed by atoms with Crippen molar-refractivity contribution < 1.29 is 14.3 Å². The first-order chi connectivity index (χ1) is 9.15. The van der Waals surface area contributed by atoms with Gasteiger partial charge in [0, 0.05) is 18.4 Å². The second-order valence-electron chi connectivity index (χ2n) is 5.00. The number of hydrogen-bond donors (Lipinski definition) is 0. The van der Waals surface area contributed by atoms with E-state index in [0.29, 0.717) is 17.5 Å². The number of ether oxygens (including phenoxy) is 2. The Morgan fingerprint density at radius 2 is 2.11 bits per heavy atom. The summed E-state index contributed by atoms with van der Waals surface area (Å²) in [5.41, 5.74) is 0.999. The number of rotatable bonds is 2. The average Bonchev–Trinajstić information content (AvgIpc) is 2.83. The standard InChI is InChI=1S/C15H15BrO3/c1-18-11-4-2-10(3-5-11)15-6-7-19-14(15)8-13(17)12(16)9-15/h2-5,9,14H,6-8H2,1H3/t14-,15+/m1/s1. The minimum atomic E-state index is -0.182. The van der Waals surface area contributed by atoms with E-state index in [-0.39, 0.29) is 17.3 Å². The fourth-order valence-electron chi connectivity index (χ4n) is 2.97. The molecule has 19 heavy (non-hydrogen) atoms. The number of carbonyl (C=O) groups is 1. The number of allylic oxidation sites excluding steroid dienone is 1. The Bertz CT molecular complexity index is 535. The molecule has 1 aliphatic carbocycles. The Kier molecular flexibility index (Phi) is 3.23. The van der Waals surface area contributed by atoms with Crippen LogP contribution in [0, 0.1) is 0 Å². The van der Waals surface area contributed by atoms with E-state index in [1.54, 1.807) is 7.11 Å². The molecule has 3 rings (SSSR count). The summed E-state index contributed by atoms with van der Waals surface area (Å²) in [6.07, 6.45) is 3.34. The van der Waals surface area contributed by atoms with Crippen LogP contribution in [0.3, 0.4) is 0 Å². The van der Waals surface area contributed by atoms with Gasteiger partial charge in [0.25, 0.3) is 0 Å². The zero-order valence-corrected chi connectivity index (χ0v) is 12.3. The SMILES string of the molecule is COc1ccc([C@]23C=C(Br)C(=O)C[C@H]2OCC3)cc1. The summed E-state index contributed by atoms with van der Waals surface area (Å²) in [5, 5.41) is 0. The molecule has 0 N–H and O–H groups in total. The minimum Gasteiger partial charge on any atom is -0.497 e. The highest BCUT2D eigenvalue weighted by molar-refractivity contribution is 9.12. The van der Waals surface area contributed by atoms with Crippen LogP contribution >= 0.6 is 15.9 Å². The molecule has 2 aliphatic rings. The van der Waals surface area contributed by atoms with Crippen LogP contribution in [0.15, 0.2) is 34.8 Å². The number of Topliss-reactive ketones (excluding diaryl/α,β-unsaturated/α-hetero) is 1. The van der Waals surface area contributed by atoms with Gasteiger partial charge in [-0.15, -0.1) is 0 Å². The molecule has 1 aromatic rings. The molecule has 1 saturated heterocycles. The molecule has 0 unspecified atom stereocenters. The normalized spacial score (nSPS) is 29.9. The zero-order valence-electron chi connectivity index (χ0n) is 10.7. The number of methoxy groups -OCH3 is 1. The Balaban J connectivity index is 2.06. The van der Waals surface area contributed by atoms with E-state index in [0.717, 1.165) is 12.2 Å². The first-order valence-corrected chi connectivity index (χ1v) is 7.13. The van der Waals surface area contributed by atoms with Gasteiger partial charge >= 0.3 is 0 Å². The molecule has 0 aromatic heterocycles. The van der Waals surface area contributed by atoms with Crippen LogP contribution in [0.5, 0.6) is 5.75 Å². The predicted octanol–water partition coefficient (Wildman–Crippen LogP) is 2.97. The van der Waals surface area contributed by atoms with Crippen molar-refractivity contribution in [1.29, 1.82) is 0 Å². The van der Waals surface area contributed by atoms with Crippen LogP contribution in [0.25, 0.3) is 0 Å². The van der Waals surface area contributed by atoms with Crippen LogP contribution in [0.1, 0.15) is 18.4 Å². The first-order valence-electron chi connectivity index (χ1n) is 6.33. The molecular formula is C15H15BrO3. The van der Waals surface area contributed by atoms with Gasteiger partial charge in [0.1, 0.15) is 5.75 Å². The summed E-state index contributed by atoms with van der Waals surface area (Å²) in [6.45, 7) is 0.695. The maximum absolute atomic E-state index is 11.8. The topological polar surface area (TPSA) is 35.5 Å². The van der Waals surface area contributed by atoms with Crippen LogP contribution < -0.4 is 4.74 Å². The monoisotopic (exact) mass is 322 g/mol. The van der Waals surface area contributed by atoms with Crippen LogP contribution in [0.4, 0.5) is 0 Å². The fraction of sp³-hybridized carbons (Fsp3) is 0.400. The fourth-order valence-corrected chi connectivity index (χ4v) is 3.54. The van der Waals surface area contributed by atoms with E-state index in [4.69, 9.17) is 9.47 Å². The summed E-state index contributed by atoms with van der Waals surface area (Å²) < 4.78 is 11.6. The van der Waals surface area contributed by atoms with Crippen molar-refractivity contribution >= 4 is 21.7 Å². The maximum Gasteiger partial charge on any atom is 0.172 e. The molecule has 0 saturated carbocycles. The lowest BCUT2D eigenvalue weighted by Crippen LogP contribution is -2.39. The highest BCUT2D eigenvalue weighted by Crippen LogP contribution is 2.46. The Hall–Kier alpha value is -1.13. The molecule has 1 aliphatic heterocycles. The maximum atomic E-state index is 11.8. The number of hydrogen-bond acceptors (Lipinski definition) is 3. The van der Waals surface area contributed by atoms with Gasteiger partial charge in [-0.3, -0.25) is 4.79 Å². The van der Waals surface area contributed by atoms with Gasteiger partial charge in [0.15, 0.2) is 5.78 Å². The lowest BCUT2D eigenvalue weighted by atomic mass is 9.70. The van der Waals surface area contributed by atoms with E-state index in [1.165, 1.54) is 5.56 Å². The van der Waals surface area contributed by atoms with E-state index in [9.17, 15) is 4.79 Å². The van der Waals surface area contributed by atoms with E-state index >= 15 is 0 Å². The van der Waals surface area contributed by atoms with E-state index < -0.39 is 0 Å². The molecule has 0 radical (unpaired) electrons. The van der Waals surface area contributed by atoms with Crippen molar-refractivity contribution in [3.05, 3.63) is 40.4 Å². The van der Waals surface area contributed by atoms with Crippen molar-refractivity contribution in [2.75, 3.05) is 13.7 Å². The summed E-state index contributed by atoms with van der Waals surface area (Å²) >= 11 is 3.38. The van der Waals surface area contributed by atoms with E-state index in [1.807, 2.05) is 18.2 Å². The van der Waals surface area contributed by atoms with Crippen LogP contribution in [0.2, 0.25) is 0 Å². The molecule has 4 heteroatoms. The lowest BCUT2D eigenvalue weighted by molar-refractivity contribution is -0.118. The Morgan fingerprint density at radius 1 is 1.37 bits per heavy atom. The zero-order chi connectivity index (χ0) is 13.5. The van der Waals surface area contributed by atoms with Crippen molar-refractivity contribution in [3.8, 4) is 5.75 Å². The highest BCUT2D eigenvalue weighted by Gasteiger charge is 2.47. The molecule has 0 bridgehead atoms. The van der Waals surface area contributed by atoms with Crippen LogP contribution in [-0.2, 0) is 14.9 Å². The average molecular weight is 323 g/mol. The summed E-state index contributed by atoms with van der Waals surface area (Å²) in [5.74, 6) is 0.960. The van der Waals surface area contributed by atoms with E-state index in [2.05, 4.69) is 28.1 Å². The number of benzene rings is 1. The van der Waals surface area contributed by atoms with Gasteiger partial charge in [-0.05, 0) is 40.0 Å². The molecule has 1 fully saturated rings. The highest BCUT2D eigenvalue weighted by atomic mass is 79.9. The van der Waals surface area contributed by atoms with Gasteiger partial charge in [-0.2, -0.15) is 0 Å². The number of carbonyl (C=O) groups excluding carboxylic acids is 1. The van der Waals surface area contributed by atoms with Crippen molar-refractivity contribution in [2.24, 2.45) is 0 Å². The Morgan fingerprint density at radius 3 is 2.79 bits per heavy atom. The minimum absolute atomic E-state index is 0.0466. The lowest BCUT2D eigenvalue weighted by Gasteiger charge is -2.35. The molecule has 1 aromatic carbocycles. The predicted molar refractivity (Wildman–Crippen MR) is 75.7 cm³/mol. The van der Waals surface area contributed by atoms with Gasteiger partial charge in [0.05, 0.1) is 17.7 Å². The summed E-state index contributed by atoms with van der Waals surface area (Å²) in [6, 6.07) is 8.04. The second-order valence-corrected chi connectivity index (χ2v) is 5.85. The largest absolute Gasteiger partial charge is 0.497 e. The van der Waals surface area contributed by atoms with Gasteiger partial charge in [-0.1, -0.05) is 18.2 Å². The first kappa shape index (κ1) is 12.9. The molecule has 3 nitrogen and oxygen atoms in total. The van der Waals surface area contributed by atoms with Crippen molar-refractivity contribution in [3.63, 3.8) is 0 Å². The quantitative estimate of drug-likeness (QED) is 0.839. The molecule has 0 spiro atoms. The Labute approximate surface area is 120 Å². The molecular weight excluding hydrogens is 308 g/mol. The van der Waals surface area contributed by atoms with Gasteiger partial charge < -0.3 is 9.47 Å². The molecule has 100 valence electrons. The number of ketones is 1. The van der Waals surface area contributed by atoms with Crippen LogP contribution in [-0.4, -0.2) is 25.6 Å². The molecule has 1 heterocycles. The third-order valence-electron chi connectivity index (χ3n) is 4.06. The summed E-state index contributed by atoms with van der Waals surface area (Å²) in [7, 11) is 1.66. The number of fused-ring (bicyclic) bond motifs is 1. The van der Waals surface area contributed by atoms with Gasteiger partial charge in [-0.25, -0.2) is 0 Å². The molecule has 0 amide bonds. The smallest absolute Gasteiger partial charge is 0.172 e. The molecule has 2 atom stereocenters. The summed E-state index contributed by atoms with van der Waals surface area (Å²) in [4.78, 5) is 11.8. The third kappa shape index (κ3) is 2.03. The second kappa shape index (κ2) is 4.76. The number of halogens is 1.